The van der Waals surface area contributed by atoms with E-state index in [1.807, 2.05) is 0 Å². The summed E-state index contributed by atoms with van der Waals surface area (Å²) in [6, 6.07) is 8.65. The van der Waals surface area contributed by atoms with Crippen molar-refractivity contribution in [1.29, 1.82) is 0 Å². The molecular weight excluding hydrogens is 400 g/mol. The number of amides is 3. The van der Waals surface area contributed by atoms with Crippen molar-refractivity contribution in [3.63, 3.8) is 0 Å². The van der Waals surface area contributed by atoms with Crippen LogP contribution in [0.3, 0.4) is 0 Å². The first-order valence-corrected chi connectivity index (χ1v) is 9.86. The Kier molecular flexibility index (Phi) is 5.52. The molecular formula is C21H22N6O4. The third kappa shape index (κ3) is 4.80. The summed E-state index contributed by atoms with van der Waals surface area (Å²) in [7, 11) is 0. The third-order valence-corrected chi connectivity index (χ3v) is 4.98. The second-order valence-electron chi connectivity index (χ2n) is 7.46. The lowest BCUT2D eigenvalue weighted by Gasteiger charge is -2.38. The van der Waals surface area contributed by atoms with Gasteiger partial charge in [0.05, 0.1) is 18.8 Å². The molecule has 1 saturated carbocycles. The summed E-state index contributed by atoms with van der Waals surface area (Å²) in [6.07, 6.45) is 2.89. The highest BCUT2D eigenvalue weighted by Gasteiger charge is 2.31. The number of carbonyl (C=O) groups excluding carboxylic acids is 3. The van der Waals surface area contributed by atoms with E-state index in [-0.39, 0.29) is 35.3 Å². The Bertz CT molecular complexity index is 1050. The van der Waals surface area contributed by atoms with Crippen molar-refractivity contribution in [2.45, 2.75) is 18.9 Å². The number of benzene rings is 1. The number of primary amides is 1. The van der Waals surface area contributed by atoms with Gasteiger partial charge in [0, 0.05) is 23.7 Å². The maximum absolute atomic E-state index is 12.0. The van der Waals surface area contributed by atoms with Gasteiger partial charge in [-0.05, 0) is 31.1 Å². The number of nitrogens with two attached hydrogens (primary N) is 1. The van der Waals surface area contributed by atoms with Gasteiger partial charge in [-0.2, -0.15) is 0 Å². The summed E-state index contributed by atoms with van der Waals surface area (Å²) in [5.41, 5.74) is 6.31. The van der Waals surface area contributed by atoms with Gasteiger partial charge in [0.15, 0.2) is 11.5 Å². The van der Waals surface area contributed by atoms with E-state index in [1.165, 1.54) is 12.1 Å². The second-order valence-corrected chi connectivity index (χ2v) is 7.46. The molecule has 0 unspecified atom stereocenters. The van der Waals surface area contributed by atoms with Crippen molar-refractivity contribution >= 4 is 34.9 Å². The molecule has 0 radical (unpaired) electrons. The monoisotopic (exact) mass is 422 g/mol. The number of rotatable bonds is 8. The summed E-state index contributed by atoms with van der Waals surface area (Å²) < 4.78 is 5.90. The predicted molar refractivity (Wildman–Crippen MR) is 113 cm³/mol. The SMILES string of the molecule is C=CC(=O)N1CC(Oc2cccc(Nc3cc(NC(=O)C4CC4)nnc3C(N)=O)c2)C1. The first-order valence-electron chi connectivity index (χ1n) is 9.86. The fraction of sp³-hybridized carbons (Fsp3) is 0.286. The molecule has 2 aromatic rings. The van der Waals surface area contributed by atoms with E-state index >= 15 is 0 Å². The van der Waals surface area contributed by atoms with E-state index in [0.717, 1.165) is 12.8 Å². The third-order valence-electron chi connectivity index (χ3n) is 4.98. The second kappa shape index (κ2) is 8.42. The zero-order valence-electron chi connectivity index (χ0n) is 16.7. The van der Waals surface area contributed by atoms with Gasteiger partial charge in [-0.3, -0.25) is 14.4 Å². The summed E-state index contributed by atoms with van der Waals surface area (Å²) in [5.74, 6) is -0.143. The number of nitrogens with zero attached hydrogens (tertiary/aromatic N) is 3. The molecule has 0 spiro atoms. The van der Waals surface area contributed by atoms with Crippen LogP contribution in [0, 0.1) is 5.92 Å². The molecule has 160 valence electrons. The number of aromatic nitrogens is 2. The highest BCUT2D eigenvalue weighted by atomic mass is 16.5. The minimum atomic E-state index is -0.746. The molecule has 10 heteroatoms. The fourth-order valence-corrected chi connectivity index (χ4v) is 3.12. The Morgan fingerprint density at radius 2 is 1.97 bits per heavy atom. The molecule has 3 amide bonds. The minimum Gasteiger partial charge on any atom is -0.487 e. The lowest BCUT2D eigenvalue weighted by molar-refractivity contribution is -0.134. The zero-order chi connectivity index (χ0) is 22.0. The van der Waals surface area contributed by atoms with E-state index in [0.29, 0.717) is 30.2 Å². The molecule has 1 saturated heterocycles. The van der Waals surface area contributed by atoms with Gasteiger partial charge in [-0.1, -0.05) is 12.6 Å². The standard InChI is InChI=1S/C21H22N6O4/c1-2-18(28)27-10-15(11-27)31-14-5-3-4-13(8-14)23-16-9-17(24-21(30)12-6-7-12)25-26-19(16)20(22)29/h2-5,8-9,12,15H,1,6-7,10-11H2,(H2,22,29)(H2,23,24,25,30). The van der Waals surface area contributed by atoms with Gasteiger partial charge in [-0.15, -0.1) is 10.2 Å². The van der Waals surface area contributed by atoms with Crippen LogP contribution in [-0.2, 0) is 9.59 Å². The van der Waals surface area contributed by atoms with Gasteiger partial charge in [-0.25, -0.2) is 0 Å². The Hall–Kier alpha value is -3.95. The molecule has 2 heterocycles. The summed E-state index contributed by atoms with van der Waals surface area (Å²) in [5, 5.41) is 13.5. The van der Waals surface area contributed by atoms with Crippen molar-refractivity contribution in [3.8, 4) is 5.75 Å². The molecule has 4 rings (SSSR count). The smallest absolute Gasteiger partial charge is 0.271 e. The largest absolute Gasteiger partial charge is 0.487 e. The van der Waals surface area contributed by atoms with Gasteiger partial charge in [0.25, 0.3) is 5.91 Å². The van der Waals surface area contributed by atoms with Crippen LogP contribution < -0.4 is 21.1 Å². The first-order chi connectivity index (χ1) is 14.9. The highest BCUT2D eigenvalue weighted by Crippen LogP contribution is 2.31. The van der Waals surface area contributed by atoms with Crippen molar-refractivity contribution < 1.29 is 19.1 Å². The van der Waals surface area contributed by atoms with Crippen molar-refractivity contribution in [2.75, 3.05) is 23.7 Å². The number of nitrogens with one attached hydrogen (secondary N) is 2. The van der Waals surface area contributed by atoms with E-state index in [4.69, 9.17) is 10.5 Å². The fourth-order valence-electron chi connectivity index (χ4n) is 3.12. The Balaban J connectivity index is 1.46. The first kappa shape index (κ1) is 20.3. The maximum atomic E-state index is 12.0. The predicted octanol–water partition coefficient (Wildman–Crippen LogP) is 1.44. The molecule has 10 nitrogen and oxygen atoms in total. The molecule has 1 aliphatic heterocycles. The van der Waals surface area contributed by atoms with Crippen molar-refractivity contribution in [3.05, 3.63) is 48.7 Å². The van der Waals surface area contributed by atoms with E-state index < -0.39 is 5.91 Å². The van der Waals surface area contributed by atoms with Crippen LogP contribution >= 0.6 is 0 Å². The van der Waals surface area contributed by atoms with Crippen LogP contribution in [0.4, 0.5) is 17.2 Å². The Morgan fingerprint density at radius 1 is 1.19 bits per heavy atom. The molecule has 2 fully saturated rings. The minimum absolute atomic E-state index is 0.00654. The Morgan fingerprint density at radius 3 is 2.65 bits per heavy atom. The highest BCUT2D eigenvalue weighted by molar-refractivity contribution is 5.98. The number of hydrogen-bond acceptors (Lipinski definition) is 7. The molecule has 4 N–H and O–H groups in total. The van der Waals surface area contributed by atoms with E-state index in [9.17, 15) is 14.4 Å². The quantitative estimate of drug-likeness (QED) is 0.547. The number of ether oxygens (including phenoxy) is 1. The normalized spacial score (nSPS) is 15.5. The molecule has 1 aromatic carbocycles. The average molecular weight is 422 g/mol. The van der Waals surface area contributed by atoms with Gasteiger partial charge in [0.1, 0.15) is 11.9 Å². The van der Waals surface area contributed by atoms with Crippen molar-refractivity contribution in [2.24, 2.45) is 11.7 Å². The van der Waals surface area contributed by atoms with E-state index in [1.54, 1.807) is 29.2 Å². The lowest BCUT2D eigenvalue weighted by atomic mass is 10.1. The topological polar surface area (TPSA) is 140 Å². The molecule has 2 aliphatic rings. The molecule has 1 aromatic heterocycles. The number of hydrogen-bond donors (Lipinski definition) is 3. The summed E-state index contributed by atoms with van der Waals surface area (Å²) >= 11 is 0. The number of carbonyl (C=O) groups is 3. The van der Waals surface area contributed by atoms with E-state index in [2.05, 4.69) is 27.4 Å². The molecule has 1 aliphatic carbocycles. The summed E-state index contributed by atoms with van der Waals surface area (Å²) in [6.45, 7) is 4.46. The van der Waals surface area contributed by atoms with Crippen LogP contribution in [0.25, 0.3) is 0 Å². The van der Waals surface area contributed by atoms with Gasteiger partial charge >= 0.3 is 0 Å². The molecule has 31 heavy (non-hydrogen) atoms. The lowest BCUT2D eigenvalue weighted by Crippen LogP contribution is -2.55. The zero-order valence-corrected chi connectivity index (χ0v) is 16.7. The van der Waals surface area contributed by atoms with Crippen LogP contribution in [0.5, 0.6) is 5.75 Å². The maximum Gasteiger partial charge on any atom is 0.271 e. The van der Waals surface area contributed by atoms with Crippen LogP contribution in [-0.4, -0.2) is 52.0 Å². The molecule has 0 bridgehead atoms. The number of likely N-dealkylation sites (tertiary alicyclic amines) is 1. The van der Waals surface area contributed by atoms with Gasteiger partial charge < -0.3 is 26.0 Å². The summed E-state index contributed by atoms with van der Waals surface area (Å²) in [4.78, 5) is 36.9. The Labute approximate surface area is 178 Å². The van der Waals surface area contributed by atoms with Crippen LogP contribution in [0.1, 0.15) is 23.3 Å². The van der Waals surface area contributed by atoms with Gasteiger partial charge in [0.2, 0.25) is 11.8 Å². The van der Waals surface area contributed by atoms with Crippen LogP contribution in [0.2, 0.25) is 0 Å². The van der Waals surface area contributed by atoms with Crippen molar-refractivity contribution in [1.82, 2.24) is 15.1 Å². The average Bonchev–Trinajstić information content (AvgIpc) is 3.55. The van der Waals surface area contributed by atoms with Crippen LogP contribution in [0.15, 0.2) is 43.0 Å². The molecule has 0 atom stereocenters. The number of anilines is 3.